The van der Waals surface area contributed by atoms with Gasteiger partial charge in [-0.05, 0) is 70.6 Å². The average molecular weight is 1140 g/mol. The van der Waals surface area contributed by atoms with E-state index in [9.17, 15) is 14.4 Å². The van der Waals surface area contributed by atoms with Crippen LogP contribution in [0.4, 0.5) is 0 Å². The summed E-state index contributed by atoms with van der Waals surface area (Å²) in [5.74, 6) is -0.836. The Hall–Kier alpha value is -2.11. The molecular formula is C75H142O6. The summed E-state index contributed by atoms with van der Waals surface area (Å²) in [4.78, 5) is 38.5. The minimum absolute atomic E-state index is 0.0667. The smallest absolute Gasteiger partial charge is 0.306 e. The van der Waals surface area contributed by atoms with Gasteiger partial charge in [0, 0.05) is 19.3 Å². The summed E-state index contributed by atoms with van der Waals surface area (Å²) < 4.78 is 17.0. The second-order valence-electron chi connectivity index (χ2n) is 25.2. The third kappa shape index (κ3) is 68.6. The maximum absolute atomic E-state index is 13.0. The summed E-state index contributed by atoms with van der Waals surface area (Å²) in [6.45, 7) is 6.73. The minimum atomic E-state index is -0.772. The highest BCUT2D eigenvalue weighted by Crippen LogP contribution is 2.19. The first-order valence-electron chi connectivity index (χ1n) is 36.8. The predicted molar refractivity (Wildman–Crippen MR) is 353 cm³/mol. The monoisotopic (exact) mass is 1140 g/mol. The van der Waals surface area contributed by atoms with Crippen LogP contribution in [-0.4, -0.2) is 37.2 Å². The molecule has 0 spiro atoms. The minimum Gasteiger partial charge on any atom is -0.462 e. The van der Waals surface area contributed by atoms with E-state index in [2.05, 4.69) is 45.1 Å². The lowest BCUT2D eigenvalue weighted by Gasteiger charge is -2.18. The van der Waals surface area contributed by atoms with Gasteiger partial charge in [0.05, 0.1) is 0 Å². The summed E-state index contributed by atoms with van der Waals surface area (Å²) in [6, 6.07) is 0. The van der Waals surface area contributed by atoms with Gasteiger partial charge in [-0.3, -0.25) is 14.4 Å². The summed E-state index contributed by atoms with van der Waals surface area (Å²) >= 11 is 0. The molecule has 0 aromatic carbocycles. The van der Waals surface area contributed by atoms with Crippen molar-refractivity contribution in [1.29, 1.82) is 0 Å². The van der Waals surface area contributed by atoms with Gasteiger partial charge in [0.25, 0.3) is 0 Å². The Kier molecular flexibility index (Phi) is 68.5. The van der Waals surface area contributed by atoms with Gasteiger partial charge in [0.2, 0.25) is 0 Å². The predicted octanol–water partition coefficient (Wildman–Crippen LogP) is 25.3. The highest BCUT2D eigenvalue weighted by atomic mass is 16.6. The number of rotatable bonds is 69. The summed E-state index contributed by atoms with van der Waals surface area (Å²) in [5, 5.41) is 0. The van der Waals surface area contributed by atoms with Crippen molar-refractivity contribution in [2.45, 2.75) is 425 Å². The van der Waals surface area contributed by atoms with Crippen LogP contribution in [0.1, 0.15) is 419 Å². The van der Waals surface area contributed by atoms with Crippen molar-refractivity contribution < 1.29 is 28.6 Å². The Morgan fingerprint density at radius 3 is 0.617 bits per heavy atom. The fourth-order valence-corrected chi connectivity index (χ4v) is 11.4. The zero-order valence-corrected chi connectivity index (χ0v) is 55.1. The van der Waals surface area contributed by atoms with Crippen LogP contribution in [0, 0.1) is 0 Å². The third-order valence-electron chi connectivity index (χ3n) is 16.9. The molecule has 81 heavy (non-hydrogen) atoms. The maximum atomic E-state index is 13.0. The molecule has 0 aliphatic carbocycles. The Labute approximate surface area is 506 Å². The molecule has 0 fully saturated rings. The van der Waals surface area contributed by atoms with E-state index < -0.39 is 6.10 Å². The molecule has 6 heteroatoms. The van der Waals surface area contributed by atoms with E-state index in [1.165, 1.54) is 321 Å². The number of carbonyl (C=O) groups excluding carboxylic acids is 3. The van der Waals surface area contributed by atoms with Crippen LogP contribution in [0.25, 0.3) is 0 Å². The molecule has 1 atom stereocenters. The highest BCUT2D eigenvalue weighted by molar-refractivity contribution is 5.71. The summed E-state index contributed by atoms with van der Waals surface area (Å²) in [6.07, 6.45) is 86.4. The number of hydrogen-bond acceptors (Lipinski definition) is 6. The highest BCUT2D eigenvalue weighted by Gasteiger charge is 2.20. The fraction of sp³-hybridized carbons (Fsp3) is 0.907. The molecule has 0 radical (unpaired) electrons. The molecule has 0 bridgehead atoms. The standard InChI is InChI=1S/C75H142O6/c1-4-7-10-13-16-19-22-25-28-31-34-37-40-43-46-49-52-55-58-61-64-67-73(76)79-70-72(81-75(78)69-66-63-60-57-54-51-48-45-42-39-36-33-30-27-24-21-18-15-12-9-6-3)71-80-74(77)68-65-62-59-56-53-50-47-44-41-38-35-32-29-26-23-20-17-14-11-8-5-2/h31,33-34,36,72H,4-30,32,35,37-71H2,1-3H3/b34-31-,36-33-. The van der Waals surface area contributed by atoms with E-state index in [1.807, 2.05) is 0 Å². The van der Waals surface area contributed by atoms with Crippen molar-refractivity contribution >= 4 is 17.9 Å². The average Bonchev–Trinajstić information content (AvgIpc) is 3.47. The van der Waals surface area contributed by atoms with Gasteiger partial charge in [0.1, 0.15) is 13.2 Å². The number of allylic oxidation sites excluding steroid dienone is 4. The largest absolute Gasteiger partial charge is 0.462 e. The topological polar surface area (TPSA) is 78.9 Å². The first kappa shape index (κ1) is 78.9. The molecule has 0 amide bonds. The van der Waals surface area contributed by atoms with Crippen LogP contribution in [0.15, 0.2) is 24.3 Å². The molecule has 0 heterocycles. The molecule has 0 aliphatic rings. The lowest BCUT2D eigenvalue weighted by Crippen LogP contribution is -2.30. The van der Waals surface area contributed by atoms with Gasteiger partial charge in [-0.25, -0.2) is 0 Å². The summed E-state index contributed by atoms with van der Waals surface area (Å²) in [5.41, 5.74) is 0. The van der Waals surface area contributed by atoms with Crippen LogP contribution in [0.5, 0.6) is 0 Å². The lowest BCUT2D eigenvalue weighted by atomic mass is 10.0. The number of ether oxygens (including phenoxy) is 3. The Morgan fingerprint density at radius 2 is 0.407 bits per heavy atom. The van der Waals surface area contributed by atoms with Crippen molar-refractivity contribution in [2.24, 2.45) is 0 Å². The van der Waals surface area contributed by atoms with Gasteiger partial charge < -0.3 is 14.2 Å². The van der Waals surface area contributed by atoms with Crippen molar-refractivity contribution in [1.82, 2.24) is 0 Å². The fourth-order valence-electron chi connectivity index (χ4n) is 11.4. The molecule has 0 aliphatic heterocycles. The molecule has 1 unspecified atom stereocenters. The first-order chi connectivity index (χ1) is 40.0. The van der Waals surface area contributed by atoms with Gasteiger partial charge in [-0.2, -0.15) is 0 Å². The Bertz CT molecular complexity index is 1310. The van der Waals surface area contributed by atoms with Gasteiger partial charge >= 0.3 is 17.9 Å². The van der Waals surface area contributed by atoms with E-state index in [1.54, 1.807) is 0 Å². The van der Waals surface area contributed by atoms with E-state index >= 15 is 0 Å². The SMILES string of the molecule is CCCCCCCCCC/C=C\CCCCCCCCCCCC(=O)OCC(COC(=O)CCCCCCCCCCCCCCCCCCCCCCC)OC(=O)CCCCCCCCCCC/C=C\CCCCCCCCCC. The molecule has 0 rings (SSSR count). The molecular weight excluding hydrogens is 997 g/mol. The number of hydrogen-bond donors (Lipinski definition) is 0. The van der Waals surface area contributed by atoms with E-state index in [0.29, 0.717) is 19.3 Å². The molecule has 0 aromatic rings. The van der Waals surface area contributed by atoms with E-state index in [4.69, 9.17) is 14.2 Å². The van der Waals surface area contributed by atoms with E-state index in [-0.39, 0.29) is 31.1 Å². The molecule has 0 saturated carbocycles. The van der Waals surface area contributed by atoms with Crippen LogP contribution in [-0.2, 0) is 28.6 Å². The first-order valence-corrected chi connectivity index (χ1v) is 36.8. The van der Waals surface area contributed by atoms with Crippen LogP contribution in [0.3, 0.4) is 0 Å². The summed E-state index contributed by atoms with van der Waals surface area (Å²) in [7, 11) is 0. The van der Waals surface area contributed by atoms with Crippen molar-refractivity contribution in [3.05, 3.63) is 24.3 Å². The lowest BCUT2D eigenvalue weighted by molar-refractivity contribution is -0.167. The van der Waals surface area contributed by atoms with Crippen LogP contribution in [0.2, 0.25) is 0 Å². The van der Waals surface area contributed by atoms with Gasteiger partial charge in [-0.15, -0.1) is 0 Å². The van der Waals surface area contributed by atoms with Gasteiger partial charge in [-0.1, -0.05) is 353 Å². The van der Waals surface area contributed by atoms with Crippen LogP contribution >= 0.6 is 0 Å². The number of esters is 3. The zero-order chi connectivity index (χ0) is 58.5. The Morgan fingerprint density at radius 1 is 0.235 bits per heavy atom. The van der Waals surface area contributed by atoms with Crippen molar-refractivity contribution in [3.63, 3.8) is 0 Å². The van der Waals surface area contributed by atoms with Crippen LogP contribution < -0.4 is 0 Å². The second kappa shape index (κ2) is 70.4. The molecule has 0 aromatic heterocycles. The second-order valence-corrected chi connectivity index (χ2v) is 25.2. The third-order valence-corrected chi connectivity index (χ3v) is 16.9. The maximum Gasteiger partial charge on any atom is 0.306 e. The van der Waals surface area contributed by atoms with Gasteiger partial charge in [0.15, 0.2) is 6.10 Å². The van der Waals surface area contributed by atoms with E-state index in [0.717, 1.165) is 57.8 Å². The van der Waals surface area contributed by atoms with Crippen molar-refractivity contribution in [3.8, 4) is 0 Å². The molecule has 0 saturated heterocycles. The molecule has 0 N–H and O–H groups in total. The van der Waals surface area contributed by atoms with Crippen molar-refractivity contribution in [2.75, 3.05) is 13.2 Å². The molecule has 6 nitrogen and oxygen atoms in total. The Balaban J connectivity index is 4.31. The zero-order valence-electron chi connectivity index (χ0n) is 55.1. The quantitative estimate of drug-likeness (QED) is 0.0261. The number of carbonyl (C=O) groups is 3. The number of unbranched alkanes of at least 4 members (excludes halogenated alkanes) is 54. The normalized spacial score (nSPS) is 12.1. The molecule has 478 valence electrons.